The molecular formula is C9H9F3O. The summed E-state index contributed by atoms with van der Waals surface area (Å²) in [5, 5.41) is 4.06. The summed E-state index contributed by atoms with van der Waals surface area (Å²) >= 11 is 0. The van der Waals surface area contributed by atoms with Gasteiger partial charge in [-0.1, -0.05) is 12.1 Å². The van der Waals surface area contributed by atoms with Crippen LogP contribution in [-0.2, 0) is 12.8 Å². The van der Waals surface area contributed by atoms with Crippen molar-refractivity contribution in [3.63, 3.8) is 0 Å². The van der Waals surface area contributed by atoms with Crippen molar-refractivity contribution in [2.24, 2.45) is 0 Å². The number of rotatable bonds is 2. The van der Waals surface area contributed by atoms with Crippen LogP contribution in [0.15, 0.2) is 18.2 Å². The largest absolute Gasteiger partial charge is 0.416 e. The minimum absolute atomic E-state index is 0.118. The van der Waals surface area contributed by atoms with E-state index in [0.29, 0.717) is 5.56 Å². The molecule has 0 amide bonds. The van der Waals surface area contributed by atoms with Crippen molar-refractivity contribution < 1.29 is 18.3 Å². The Hall–Kier alpha value is -1.03. The van der Waals surface area contributed by atoms with Gasteiger partial charge >= 0.3 is 6.18 Å². The quantitative estimate of drug-likeness (QED) is 0.761. The molecule has 0 fully saturated rings. The lowest BCUT2D eigenvalue weighted by molar-refractivity contribution is -0.138. The number of hydrogen-bond acceptors (Lipinski definition) is 1. The molecule has 72 valence electrons. The molecular weight excluding hydrogens is 181 g/mol. The molecule has 0 spiro atoms. The Bertz CT molecular complexity index is 322. The normalized spacial score (nSPS) is 12.8. The van der Waals surface area contributed by atoms with Crippen molar-refractivity contribution in [3.8, 4) is 0 Å². The van der Waals surface area contributed by atoms with E-state index in [1.54, 1.807) is 0 Å². The summed E-state index contributed by atoms with van der Waals surface area (Å²) < 4.78 is 43.6. The number of aliphatic hydroxyl groups excluding tert-OH is 1. The highest BCUT2D eigenvalue weighted by molar-refractivity contribution is 5.35. The number of halogens is 3. The van der Waals surface area contributed by atoms with Crippen molar-refractivity contribution in [2.75, 3.05) is 0 Å². The molecule has 13 heavy (non-hydrogen) atoms. The Kier molecular flexibility index (Phi) is 2.22. The Balaban J connectivity index is 3.14. The minimum Gasteiger partial charge on any atom is -0.392 e. The number of aliphatic hydroxyl groups is 1. The summed E-state index contributed by atoms with van der Waals surface area (Å²) in [5.41, 5.74) is -0.172. The molecule has 0 radical (unpaired) electrons. The maximum Gasteiger partial charge on any atom is 0.416 e. The van der Waals surface area contributed by atoms with Gasteiger partial charge in [-0.2, -0.15) is 13.2 Å². The van der Waals surface area contributed by atoms with Crippen LogP contribution in [0.1, 0.15) is 16.7 Å². The molecule has 0 saturated carbocycles. The first-order valence-corrected chi connectivity index (χ1v) is 3.70. The molecule has 0 heterocycles. The van der Waals surface area contributed by atoms with Gasteiger partial charge in [0.2, 0.25) is 1.43 Å². The molecule has 0 unspecified atom stereocenters. The zero-order chi connectivity index (χ0) is 10.8. The molecule has 1 aromatic carbocycles. The Morgan fingerprint density at radius 3 is 2.69 bits per heavy atom. The zero-order valence-electron chi connectivity index (χ0n) is 7.98. The molecule has 1 aromatic rings. The molecule has 1 N–H and O–H groups in total. The van der Waals surface area contributed by atoms with Crippen LogP contribution in [0.4, 0.5) is 13.2 Å². The zero-order valence-corrected chi connectivity index (χ0v) is 6.98. The summed E-state index contributed by atoms with van der Waals surface area (Å²) in [4.78, 5) is 0. The van der Waals surface area contributed by atoms with Gasteiger partial charge in [0.15, 0.2) is 0 Å². The van der Waals surface area contributed by atoms with Crippen LogP contribution < -0.4 is 0 Å². The molecule has 0 saturated heterocycles. The highest BCUT2D eigenvalue weighted by Gasteiger charge is 2.32. The lowest BCUT2D eigenvalue weighted by atomic mass is 10.0. The second kappa shape index (κ2) is 3.38. The lowest BCUT2D eigenvalue weighted by Gasteiger charge is -2.12. The van der Waals surface area contributed by atoms with E-state index in [1.165, 1.54) is 19.1 Å². The topological polar surface area (TPSA) is 20.2 Å². The molecule has 0 aromatic heterocycles. The number of hydrogen-bond donors (Lipinski definition) is 1. The van der Waals surface area contributed by atoms with Crippen LogP contribution in [0.5, 0.6) is 0 Å². The van der Waals surface area contributed by atoms with Gasteiger partial charge < -0.3 is 5.11 Å². The third-order valence-corrected chi connectivity index (χ3v) is 1.91. The number of alkyl halides is 3. The fourth-order valence-corrected chi connectivity index (χ4v) is 1.15. The average Bonchev–Trinajstić information content (AvgIpc) is 2.07. The van der Waals surface area contributed by atoms with Gasteiger partial charge in [0, 0.05) is 0 Å². The van der Waals surface area contributed by atoms with Crippen molar-refractivity contribution in [1.29, 1.82) is 1.43 Å². The van der Waals surface area contributed by atoms with Crippen molar-refractivity contribution in [3.05, 3.63) is 34.9 Å². The van der Waals surface area contributed by atoms with E-state index in [-0.39, 0.29) is 12.2 Å². The standard InChI is InChI=1S/C9H9F3O/c1-6-7(5-13)3-2-4-8(6)9(10,11)12/h2-4,13H,5H2,1H3/i13D. The highest BCUT2D eigenvalue weighted by atomic mass is 19.4. The van der Waals surface area contributed by atoms with Gasteiger partial charge in [0.1, 0.15) is 0 Å². The van der Waals surface area contributed by atoms with Crippen molar-refractivity contribution in [1.82, 2.24) is 0 Å². The molecule has 0 aliphatic carbocycles. The van der Waals surface area contributed by atoms with E-state index in [0.717, 1.165) is 6.07 Å². The summed E-state index contributed by atoms with van der Waals surface area (Å²) in [5.74, 6) is 0. The van der Waals surface area contributed by atoms with Gasteiger partial charge in [0.25, 0.3) is 0 Å². The average molecular weight is 191 g/mol. The first-order valence-electron chi connectivity index (χ1n) is 4.11. The number of benzene rings is 1. The van der Waals surface area contributed by atoms with Crippen LogP contribution in [0.25, 0.3) is 0 Å². The van der Waals surface area contributed by atoms with Gasteiger partial charge in [-0.05, 0) is 24.1 Å². The van der Waals surface area contributed by atoms with Gasteiger partial charge in [-0.3, -0.25) is 0 Å². The van der Waals surface area contributed by atoms with Crippen LogP contribution in [0.2, 0.25) is 0 Å². The summed E-state index contributed by atoms with van der Waals surface area (Å²) in [6.07, 6.45) is -4.35. The van der Waals surface area contributed by atoms with E-state index in [1.807, 2.05) is 0 Å². The van der Waals surface area contributed by atoms with Crippen molar-refractivity contribution >= 4 is 0 Å². The van der Waals surface area contributed by atoms with Gasteiger partial charge in [0.05, 0.1) is 12.2 Å². The van der Waals surface area contributed by atoms with E-state index < -0.39 is 11.7 Å². The molecule has 1 nitrogen and oxygen atoms in total. The van der Waals surface area contributed by atoms with E-state index in [2.05, 4.69) is 5.11 Å². The molecule has 4 heteroatoms. The monoisotopic (exact) mass is 191 g/mol. The molecule has 1 rings (SSSR count). The van der Waals surface area contributed by atoms with Crippen LogP contribution in [-0.4, -0.2) is 6.54 Å². The first kappa shape index (κ1) is 8.56. The van der Waals surface area contributed by atoms with E-state index >= 15 is 0 Å². The highest BCUT2D eigenvalue weighted by Crippen LogP contribution is 2.32. The predicted octanol–water partition coefficient (Wildman–Crippen LogP) is 2.51. The summed E-state index contributed by atoms with van der Waals surface area (Å²) in [6.45, 7) is 1.24. The van der Waals surface area contributed by atoms with Gasteiger partial charge in [-0.15, -0.1) is 0 Å². The van der Waals surface area contributed by atoms with E-state index in [9.17, 15) is 13.2 Å². The molecule has 0 bridgehead atoms. The smallest absolute Gasteiger partial charge is 0.392 e. The molecule has 0 aliphatic rings. The maximum absolute atomic E-state index is 12.4. The second-order valence-corrected chi connectivity index (χ2v) is 2.73. The Labute approximate surface area is 75.3 Å². The predicted molar refractivity (Wildman–Crippen MR) is 42.1 cm³/mol. The SMILES string of the molecule is [2H]OCc1cccc(C(F)(F)F)c1C. The second-order valence-electron chi connectivity index (χ2n) is 2.73. The Morgan fingerprint density at radius 2 is 2.15 bits per heavy atom. The fourth-order valence-electron chi connectivity index (χ4n) is 1.15. The van der Waals surface area contributed by atoms with Crippen molar-refractivity contribution in [2.45, 2.75) is 19.7 Å². The summed E-state index contributed by atoms with van der Waals surface area (Å²) in [6, 6.07) is 3.84. The third-order valence-electron chi connectivity index (χ3n) is 1.91. The third kappa shape index (κ3) is 2.01. The first-order chi connectivity index (χ1) is 6.46. The van der Waals surface area contributed by atoms with Crippen LogP contribution >= 0.6 is 0 Å². The van der Waals surface area contributed by atoms with Crippen LogP contribution in [0, 0.1) is 6.92 Å². The van der Waals surface area contributed by atoms with Gasteiger partial charge in [-0.25, -0.2) is 0 Å². The minimum atomic E-state index is -4.35. The molecule has 0 aliphatic heterocycles. The lowest BCUT2D eigenvalue weighted by Crippen LogP contribution is -2.08. The fraction of sp³-hybridized carbons (Fsp3) is 0.333. The Morgan fingerprint density at radius 1 is 1.46 bits per heavy atom. The van der Waals surface area contributed by atoms with E-state index in [4.69, 9.17) is 1.43 Å². The van der Waals surface area contributed by atoms with Crippen LogP contribution in [0.3, 0.4) is 0 Å². The molecule has 0 atom stereocenters. The maximum atomic E-state index is 12.4. The summed E-state index contributed by atoms with van der Waals surface area (Å²) in [7, 11) is 0.